The second-order valence-corrected chi connectivity index (χ2v) is 8.50. The number of thioether (sulfide) groups is 1. The first kappa shape index (κ1) is 20.8. The topological polar surface area (TPSA) is 92.4 Å². The van der Waals surface area contributed by atoms with Gasteiger partial charge in [0.1, 0.15) is 16.4 Å². The maximum absolute atomic E-state index is 12.6. The number of carbonyl (C=O) groups excluding carboxylic acids is 1. The normalized spacial score (nSPS) is 11.6. The summed E-state index contributed by atoms with van der Waals surface area (Å²) in [5, 5.41) is 20.8. The predicted octanol–water partition coefficient (Wildman–Crippen LogP) is 4.94. The van der Waals surface area contributed by atoms with E-state index >= 15 is 0 Å². The van der Waals surface area contributed by atoms with Gasteiger partial charge in [0.25, 0.3) is 0 Å². The average Bonchev–Trinajstić information content (AvgIpc) is 3.25. The van der Waals surface area contributed by atoms with Crippen LogP contribution in [0.1, 0.15) is 16.6 Å². The van der Waals surface area contributed by atoms with Crippen molar-refractivity contribution in [3.63, 3.8) is 0 Å². The van der Waals surface area contributed by atoms with Crippen LogP contribution in [0.15, 0.2) is 71.2 Å². The Balaban J connectivity index is 1.59. The summed E-state index contributed by atoms with van der Waals surface area (Å²) in [5.41, 5.74) is 4.01. The summed E-state index contributed by atoms with van der Waals surface area (Å²) >= 11 is 2.50. The first-order chi connectivity index (χ1) is 15.2. The van der Waals surface area contributed by atoms with Crippen molar-refractivity contribution in [1.29, 1.82) is 5.26 Å². The average molecular weight is 444 g/mol. The molecule has 2 aromatic heterocycles. The smallest absolute Gasteiger partial charge is 0.210 e. The Morgan fingerprint density at radius 3 is 2.23 bits per heavy atom. The molecule has 8 heteroatoms. The van der Waals surface area contributed by atoms with E-state index in [1.807, 2.05) is 73.0 Å². The van der Waals surface area contributed by atoms with Crippen LogP contribution in [0, 0.1) is 18.3 Å². The molecular formula is C23H17N5OS2. The molecule has 4 rings (SSSR count). The summed E-state index contributed by atoms with van der Waals surface area (Å²) in [4.78, 5) is 21.6. The number of benzene rings is 2. The fraction of sp³-hybridized carbons (Fsp3) is 0.130. The number of hydrogen-bond donors (Lipinski definition) is 0. The van der Waals surface area contributed by atoms with E-state index in [0.29, 0.717) is 21.6 Å². The van der Waals surface area contributed by atoms with E-state index < -0.39 is 5.92 Å². The van der Waals surface area contributed by atoms with Gasteiger partial charge in [0, 0.05) is 22.2 Å². The molecule has 0 radical (unpaired) electrons. The molecular weight excluding hydrogens is 426 g/mol. The van der Waals surface area contributed by atoms with Gasteiger partial charge in [-0.1, -0.05) is 72.4 Å². The molecule has 1 unspecified atom stereocenters. The number of nitriles is 1. The third-order valence-corrected chi connectivity index (χ3v) is 6.33. The number of ketones is 1. The number of aryl methyl sites for hydroxylation is 1. The summed E-state index contributed by atoms with van der Waals surface area (Å²) < 4.78 is 0. The maximum Gasteiger partial charge on any atom is 0.210 e. The molecule has 31 heavy (non-hydrogen) atoms. The van der Waals surface area contributed by atoms with E-state index in [1.54, 1.807) is 0 Å². The van der Waals surface area contributed by atoms with Crippen LogP contribution in [0.4, 0.5) is 0 Å². The lowest BCUT2D eigenvalue weighted by molar-refractivity contribution is -0.116. The van der Waals surface area contributed by atoms with E-state index in [9.17, 15) is 10.1 Å². The van der Waals surface area contributed by atoms with Crippen LogP contribution in [0.25, 0.3) is 22.5 Å². The van der Waals surface area contributed by atoms with Gasteiger partial charge in [0.15, 0.2) is 11.7 Å². The Bertz CT molecular complexity index is 1240. The molecule has 0 N–H and O–H groups in total. The van der Waals surface area contributed by atoms with Gasteiger partial charge in [0.05, 0.1) is 11.8 Å². The summed E-state index contributed by atoms with van der Waals surface area (Å²) in [7, 11) is 0. The number of aromatic nitrogens is 4. The van der Waals surface area contributed by atoms with E-state index in [4.69, 9.17) is 4.98 Å². The van der Waals surface area contributed by atoms with Gasteiger partial charge >= 0.3 is 0 Å². The number of thiazole rings is 1. The first-order valence-electron chi connectivity index (χ1n) is 9.48. The van der Waals surface area contributed by atoms with Crippen molar-refractivity contribution in [3.05, 3.63) is 76.7 Å². The lowest BCUT2D eigenvalue weighted by Crippen LogP contribution is -2.13. The summed E-state index contributed by atoms with van der Waals surface area (Å²) in [6, 6.07) is 21.6. The second-order valence-electron chi connectivity index (χ2n) is 6.67. The van der Waals surface area contributed by atoms with Gasteiger partial charge in [-0.3, -0.25) is 4.79 Å². The third kappa shape index (κ3) is 4.85. The van der Waals surface area contributed by atoms with E-state index in [0.717, 1.165) is 16.8 Å². The molecule has 0 bridgehead atoms. The third-order valence-electron chi connectivity index (χ3n) is 4.44. The molecule has 152 valence electrons. The molecule has 0 aliphatic heterocycles. The standard InChI is InChI=1S/C23H17N5OS2/c1-15-13-30-22(25-15)18(12-24)19(29)14-31-23-26-20(16-8-4-2-5-9-16)21(27-28-23)17-10-6-3-7-11-17/h2-11,13,18H,14H2,1H3. The van der Waals surface area contributed by atoms with Gasteiger partial charge < -0.3 is 0 Å². The van der Waals surface area contributed by atoms with Gasteiger partial charge in [-0.15, -0.1) is 21.5 Å². The number of Topliss-reactive ketones (excluding diaryl/α,β-unsaturated/α-hetero) is 1. The molecule has 0 spiro atoms. The summed E-state index contributed by atoms with van der Waals surface area (Å²) in [6.45, 7) is 1.84. The number of carbonyl (C=O) groups is 1. The van der Waals surface area contributed by atoms with Gasteiger partial charge in [0.2, 0.25) is 5.16 Å². The molecule has 0 fully saturated rings. The van der Waals surface area contributed by atoms with Crippen molar-refractivity contribution < 1.29 is 4.79 Å². The van der Waals surface area contributed by atoms with Crippen molar-refractivity contribution in [1.82, 2.24) is 20.2 Å². The van der Waals surface area contributed by atoms with Crippen molar-refractivity contribution in [2.75, 3.05) is 5.75 Å². The Morgan fingerprint density at radius 1 is 1.00 bits per heavy atom. The highest BCUT2D eigenvalue weighted by Gasteiger charge is 2.24. The second kappa shape index (κ2) is 9.60. The fourth-order valence-electron chi connectivity index (χ4n) is 2.95. The fourth-order valence-corrected chi connectivity index (χ4v) is 4.50. The molecule has 2 aromatic carbocycles. The zero-order chi connectivity index (χ0) is 21.6. The van der Waals surface area contributed by atoms with Crippen molar-refractivity contribution >= 4 is 28.9 Å². The SMILES string of the molecule is Cc1csc(C(C#N)C(=O)CSc2nnc(-c3ccccc3)c(-c3ccccc3)n2)n1. The van der Waals surface area contributed by atoms with Crippen molar-refractivity contribution in [2.45, 2.75) is 18.0 Å². The Kier molecular flexibility index (Phi) is 6.46. The van der Waals surface area contributed by atoms with E-state index in [-0.39, 0.29) is 11.5 Å². The quantitative estimate of drug-likeness (QED) is 0.374. The molecule has 0 saturated carbocycles. The molecule has 6 nitrogen and oxygen atoms in total. The van der Waals surface area contributed by atoms with Crippen LogP contribution in [0.5, 0.6) is 0 Å². The highest BCUT2D eigenvalue weighted by molar-refractivity contribution is 7.99. The zero-order valence-electron chi connectivity index (χ0n) is 16.6. The van der Waals surface area contributed by atoms with Gasteiger partial charge in [-0.05, 0) is 6.92 Å². The lowest BCUT2D eigenvalue weighted by Gasteiger charge is -2.09. The number of hydrogen-bond acceptors (Lipinski definition) is 8. The van der Waals surface area contributed by atoms with Crippen LogP contribution in [0.3, 0.4) is 0 Å². The minimum absolute atomic E-state index is 0.0669. The minimum atomic E-state index is -0.878. The van der Waals surface area contributed by atoms with Crippen LogP contribution >= 0.6 is 23.1 Å². The Hall–Kier alpha value is -3.41. The number of rotatable bonds is 7. The molecule has 0 aliphatic carbocycles. The highest BCUT2D eigenvalue weighted by Crippen LogP contribution is 2.30. The molecule has 1 atom stereocenters. The summed E-state index contributed by atoms with van der Waals surface area (Å²) in [5.74, 6) is -1.03. The lowest BCUT2D eigenvalue weighted by atomic mass is 10.0. The zero-order valence-corrected chi connectivity index (χ0v) is 18.2. The molecule has 2 heterocycles. The van der Waals surface area contributed by atoms with Crippen LogP contribution in [-0.2, 0) is 4.79 Å². The first-order valence-corrected chi connectivity index (χ1v) is 11.3. The molecule has 0 saturated heterocycles. The molecule has 0 aliphatic rings. The highest BCUT2D eigenvalue weighted by atomic mass is 32.2. The van der Waals surface area contributed by atoms with E-state index in [2.05, 4.69) is 21.3 Å². The Labute approximate surface area is 188 Å². The van der Waals surface area contributed by atoms with Crippen LogP contribution < -0.4 is 0 Å². The van der Waals surface area contributed by atoms with Crippen molar-refractivity contribution in [2.24, 2.45) is 0 Å². The largest absolute Gasteiger partial charge is 0.297 e. The monoisotopic (exact) mass is 443 g/mol. The number of nitrogens with zero attached hydrogens (tertiary/aromatic N) is 5. The van der Waals surface area contributed by atoms with Crippen molar-refractivity contribution in [3.8, 4) is 28.6 Å². The van der Waals surface area contributed by atoms with Crippen LogP contribution in [-0.4, -0.2) is 31.7 Å². The maximum atomic E-state index is 12.6. The summed E-state index contributed by atoms with van der Waals surface area (Å²) in [6.07, 6.45) is 0. The minimum Gasteiger partial charge on any atom is -0.297 e. The molecule has 4 aromatic rings. The van der Waals surface area contributed by atoms with Crippen LogP contribution in [0.2, 0.25) is 0 Å². The van der Waals surface area contributed by atoms with Gasteiger partial charge in [-0.25, -0.2) is 9.97 Å². The molecule has 0 amide bonds. The predicted molar refractivity (Wildman–Crippen MR) is 122 cm³/mol. The Morgan fingerprint density at radius 2 is 1.65 bits per heavy atom. The van der Waals surface area contributed by atoms with Gasteiger partial charge in [-0.2, -0.15) is 5.26 Å². The van der Waals surface area contributed by atoms with E-state index in [1.165, 1.54) is 23.1 Å².